The molecule has 0 spiro atoms. The Kier molecular flexibility index (Phi) is 8.31. The summed E-state index contributed by atoms with van der Waals surface area (Å²) in [7, 11) is 2.00. The molecule has 1 aromatic carbocycles. The second-order valence-corrected chi connectivity index (χ2v) is 8.30. The molecule has 164 valence electrons. The Morgan fingerprint density at radius 1 is 1.03 bits per heavy atom. The van der Waals surface area contributed by atoms with E-state index < -0.39 is 0 Å². The molecule has 2 N–H and O–H groups in total. The summed E-state index contributed by atoms with van der Waals surface area (Å²) in [6.07, 6.45) is 5.01. The molecule has 0 amide bonds. The highest BCUT2D eigenvalue weighted by Crippen LogP contribution is 2.14. The van der Waals surface area contributed by atoms with Crippen LogP contribution in [-0.2, 0) is 26.6 Å². The minimum Gasteiger partial charge on any atom is -0.357 e. The topological polar surface area (TPSA) is 57.5 Å². The first-order chi connectivity index (χ1) is 14.6. The highest BCUT2D eigenvalue weighted by atomic mass is 15.3. The molecule has 0 radical (unpaired) electrons. The van der Waals surface area contributed by atoms with Crippen LogP contribution in [0.25, 0.3) is 0 Å². The van der Waals surface area contributed by atoms with Crippen LogP contribution in [0.5, 0.6) is 0 Å². The first-order valence-corrected chi connectivity index (χ1v) is 11.4. The average molecular weight is 411 g/mol. The average Bonchev–Trinajstić information content (AvgIpc) is 2.99. The third-order valence-electron chi connectivity index (χ3n) is 5.97. The van der Waals surface area contributed by atoms with Gasteiger partial charge in [0.25, 0.3) is 0 Å². The van der Waals surface area contributed by atoms with Crippen LogP contribution >= 0.6 is 0 Å². The highest BCUT2D eigenvalue weighted by molar-refractivity contribution is 5.79. The predicted molar refractivity (Wildman–Crippen MR) is 125 cm³/mol. The number of piperidine rings is 1. The number of aliphatic imine (C=N–C) groups is 1. The first kappa shape index (κ1) is 22.3. The van der Waals surface area contributed by atoms with Crippen molar-refractivity contribution in [3.05, 3.63) is 52.3 Å². The third kappa shape index (κ3) is 6.33. The number of likely N-dealkylation sites (tertiary alicyclic amines) is 1. The van der Waals surface area contributed by atoms with E-state index in [1.807, 2.05) is 11.7 Å². The van der Waals surface area contributed by atoms with Gasteiger partial charge in [0.15, 0.2) is 5.96 Å². The van der Waals surface area contributed by atoms with Gasteiger partial charge in [0.05, 0.1) is 12.2 Å². The lowest BCUT2D eigenvalue weighted by Crippen LogP contribution is -2.38. The molecular weight excluding hydrogens is 372 g/mol. The molecule has 2 aromatic rings. The molecule has 1 aliphatic rings. The fourth-order valence-electron chi connectivity index (χ4n) is 4.12. The number of benzene rings is 1. The van der Waals surface area contributed by atoms with Gasteiger partial charge in [-0.25, -0.2) is 4.99 Å². The van der Waals surface area contributed by atoms with Gasteiger partial charge in [0.1, 0.15) is 0 Å². The quantitative estimate of drug-likeness (QED) is 0.518. The number of nitrogens with zero attached hydrogens (tertiary/aromatic N) is 4. The van der Waals surface area contributed by atoms with Crippen molar-refractivity contribution in [2.24, 2.45) is 12.0 Å². The van der Waals surface area contributed by atoms with E-state index in [4.69, 9.17) is 4.99 Å². The van der Waals surface area contributed by atoms with Crippen LogP contribution in [0.3, 0.4) is 0 Å². The third-order valence-corrected chi connectivity index (χ3v) is 5.97. The van der Waals surface area contributed by atoms with Crippen molar-refractivity contribution in [1.82, 2.24) is 25.3 Å². The number of hydrogen-bond donors (Lipinski definition) is 2. The van der Waals surface area contributed by atoms with Crippen LogP contribution in [0.15, 0.2) is 29.3 Å². The van der Waals surface area contributed by atoms with Crippen molar-refractivity contribution >= 4 is 5.96 Å². The van der Waals surface area contributed by atoms with E-state index in [9.17, 15) is 0 Å². The second kappa shape index (κ2) is 11.2. The number of nitrogens with one attached hydrogen (secondary N) is 2. The molecule has 0 saturated carbocycles. The van der Waals surface area contributed by atoms with Crippen LogP contribution < -0.4 is 10.6 Å². The predicted octanol–water partition coefficient (Wildman–Crippen LogP) is 3.32. The Balaban J connectivity index is 1.50. The zero-order valence-electron chi connectivity index (χ0n) is 19.2. The molecule has 0 atom stereocenters. The van der Waals surface area contributed by atoms with Crippen molar-refractivity contribution < 1.29 is 0 Å². The van der Waals surface area contributed by atoms with Gasteiger partial charge in [-0.15, -0.1) is 0 Å². The lowest BCUT2D eigenvalue weighted by atomic mass is 10.1. The van der Waals surface area contributed by atoms with Crippen molar-refractivity contribution in [3.8, 4) is 0 Å². The molecule has 0 unspecified atom stereocenters. The summed E-state index contributed by atoms with van der Waals surface area (Å²) >= 11 is 0. The van der Waals surface area contributed by atoms with E-state index in [0.717, 1.165) is 37.7 Å². The molecule has 6 heteroatoms. The van der Waals surface area contributed by atoms with Crippen LogP contribution in [0.4, 0.5) is 0 Å². The molecule has 1 aromatic heterocycles. The van der Waals surface area contributed by atoms with E-state index >= 15 is 0 Å². The minimum atomic E-state index is 0.685. The molecule has 0 bridgehead atoms. The summed E-state index contributed by atoms with van der Waals surface area (Å²) in [6, 6.07) is 8.95. The number of rotatable bonds is 8. The monoisotopic (exact) mass is 410 g/mol. The summed E-state index contributed by atoms with van der Waals surface area (Å²) in [5.41, 5.74) is 6.32. The summed E-state index contributed by atoms with van der Waals surface area (Å²) < 4.78 is 1.96. The lowest BCUT2D eigenvalue weighted by molar-refractivity contribution is 0.221. The van der Waals surface area contributed by atoms with Gasteiger partial charge < -0.3 is 10.6 Å². The van der Waals surface area contributed by atoms with Crippen LogP contribution in [0.2, 0.25) is 0 Å². The summed E-state index contributed by atoms with van der Waals surface area (Å²) in [6.45, 7) is 12.2. The Bertz CT molecular complexity index is 815. The van der Waals surface area contributed by atoms with Gasteiger partial charge >= 0.3 is 0 Å². The van der Waals surface area contributed by atoms with Crippen molar-refractivity contribution in [1.29, 1.82) is 0 Å². The number of aryl methyl sites for hydroxylation is 2. The van der Waals surface area contributed by atoms with E-state index in [0.29, 0.717) is 6.54 Å². The molecular formula is C24H38N6. The van der Waals surface area contributed by atoms with Crippen LogP contribution in [0, 0.1) is 13.8 Å². The van der Waals surface area contributed by atoms with E-state index in [1.165, 1.54) is 54.7 Å². The summed E-state index contributed by atoms with van der Waals surface area (Å²) in [4.78, 5) is 7.34. The van der Waals surface area contributed by atoms with Crippen LogP contribution in [-0.4, -0.2) is 46.8 Å². The van der Waals surface area contributed by atoms with Gasteiger partial charge in [-0.3, -0.25) is 9.58 Å². The Labute approximate surface area is 181 Å². The van der Waals surface area contributed by atoms with Crippen LogP contribution in [0.1, 0.15) is 54.3 Å². The summed E-state index contributed by atoms with van der Waals surface area (Å²) in [5.74, 6) is 0.870. The van der Waals surface area contributed by atoms with Gasteiger partial charge in [-0.1, -0.05) is 30.7 Å². The molecule has 1 fully saturated rings. The van der Waals surface area contributed by atoms with E-state index in [2.05, 4.69) is 65.7 Å². The smallest absolute Gasteiger partial charge is 0.191 e. The molecule has 2 heterocycles. The van der Waals surface area contributed by atoms with Crippen molar-refractivity contribution in [2.45, 2.75) is 59.5 Å². The molecule has 1 aliphatic heterocycles. The molecule has 30 heavy (non-hydrogen) atoms. The highest BCUT2D eigenvalue weighted by Gasteiger charge is 2.11. The molecule has 6 nitrogen and oxygen atoms in total. The SMILES string of the molecule is CCNC(=NCc1ccc(CN2CCCCC2)cc1)NCCc1c(C)nn(C)c1C. The van der Waals surface area contributed by atoms with E-state index in [1.54, 1.807) is 0 Å². The van der Waals surface area contributed by atoms with Gasteiger partial charge in [-0.05, 0) is 69.8 Å². The largest absolute Gasteiger partial charge is 0.357 e. The number of guanidine groups is 1. The standard InChI is InChI=1S/C24H38N6/c1-5-25-24(26-14-13-23-19(2)28-29(4)20(23)3)27-17-21-9-11-22(12-10-21)18-30-15-7-6-8-16-30/h9-12H,5-8,13-18H2,1-4H3,(H2,25,26,27). The zero-order valence-corrected chi connectivity index (χ0v) is 19.2. The lowest BCUT2D eigenvalue weighted by Gasteiger charge is -2.26. The molecule has 3 rings (SSSR count). The van der Waals surface area contributed by atoms with Gasteiger partial charge in [-0.2, -0.15) is 5.10 Å². The fourth-order valence-corrected chi connectivity index (χ4v) is 4.12. The van der Waals surface area contributed by atoms with Crippen molar-refractivity contribution in [3.63, 3.8) is 0 Å². The molecule has 0 aliphatic carbocycles. The Hall–Kier alpha value is -2.34. The maximum Gasteiger partial charge on any atom is 0.191 e. The normalized spacial score (nSPS) is 15.4. The van der Waals surface area contributed by atoms with Gasteiger partial charge in [0.2, 0.25) is 0 Å². The molecule has 1 saturated heterocycles. The second-order valence-electron chi connectivity index (χ2n) is 8.30. The first-order valence-electron chi connectivity index (χ1n) is 11.4. The maximum atomic E-state index is 4.77. The van der Waals surface area contributed by atoms with E-state index in [-0.39, 0.29) is 0 Å². The number of hydrogen-bond acceptors (Lipinski definition) is 3. The Morgan fingerprint density at radius 2 is 1.73 bits per heavy atom. The summed E-state index contributed by atoms with van der Waals surface area (Å²) in [5, 5.41) is 11.3. The van der Waals surface area contributed by atoms with Crippen molar-refractivity contribution in [2.75, 3.05) is 26.2 Å². The number of aromatic nitrogens is 2. The zero-order chi connectivity index (χ0) is 21.3. The maximum absolute atomic E-state index is 4.77. The van der Waals surface area contributed by atoms with Gasteiger partial charge in [0, 0.05) is 32.4 Å². The fraction of sp³-hybridized carbons (Fsp3) is 0.583. The Morgan fingerprint density at radius 3 is 2.37 bits per heavy atom. The minimum absolute atomic E-state index is 0.685.